The van der Waals surface area contributed by atoms with Crippen molar-refractivity contribution >= 4 is 15.7 Å². The van der Waals surface area contributed by atoms with Gasteiger partial charge in [0.2, 0.25) is 0 Å². The number of sulfone groups is 1. The number of aryl methyl sites for hydroxylation is 1. The molecule has 0 saturated carbocycles. The molecule has 1 saturated heterocycles. The van der Waals surface area contributed by atoms with Crippen LogP contribution in [0.3, 0.4) is 0 Å². The number of benzene rings is 2. The molecule has 1 heterocycles. The summed E-state index contributed by atoms with van der Waals surface area (Å²) in [6.45, 7) is 3.69. The Morgan fingerprint density at radius 1 is 1.21 bits per heavy atom. The third-order valence-electron chi connectivity index (χ3n) is 5.22. The maximum absolute atomic E-state index is 14.2. The lowest BCUT2D eigenvalue weighted by Gasteiger charge is -2.31. The number of hydrogen-bond acceptors (Lipinski definition) is 4. The molecule has 156 valence electrons. The minimum absolute atomic E-state index is 0.00810. The Morgan fingerprint density at radius 3 is 2.48 bits per heavy atom. The molecule has 1 amide bonds. The van der Waals surface area contributed by atoms with Crippen LogP contribution in [-0.4, -0.2) is 42.9 Å². The van der Waals surface area contributed by atoms with Gasteiger partial charge in [-0.25, -0.2) is 12.8 Å². The van der Waals surface area contributed by atoms with E-state index in [9.17, 15) is 17.6 Å². The Morgan fingerprint density at radius 2 is 1.90 bits per heavy atom. The summed E-state index contributed by atoms with van der Waals surface area (Å²) in [5.74, 6) is -0.282. The van der Waals surface area contributed by atoms with Gasteiger partial charge in [0.25, 0.3) is 5.91 Å². The van der Waals surface area contributed by atoms with E-state index >= 15 is 0 Å². The van der Waals surface area contributed by atoms with Gasteiger partial charge in [-0.2, -0.15) is 0 Å². The van der Waals surface area contributed by atoms with Crippen molar-refractivity contribution in [1.82, 2.24) is 4.90 Å². The summed E-state index contributed by atoms with van der Waals surface area (Å²) in [5, 5.41) is 0. The average molecular weight is 420 g/mol. The highest BCUT2D eigenvalue weighted by Crippen LogP contribution is 2.23. The monoisotopic (exact) mass is 419 g/mol. The van der Waals surface area contributed by atoms with Crippen molar-refractivity contribution in [1.29, 1.82) is 0 Å². The highest BCUT2D eigenvalue weighted by atomic mass is 32.2. The predicted octanol–water partition coefficient (Wildman–Crippen LogP) is 3.37. The average Bonchev–Trinajstić information content (AvgIpc) is 3.07. The highest BCUT2D eigenvalue weighted by molar-refractivity contribution is 7.91. The standard InChI is InChI=1S/C22H26FNO4S/c1-3-17-8-10-20(11-9-17)28-16(2)22(25)24(19-12-13-29(26,27)15-19)14-18-6-4-5-7-21(18)23/h4-11,16,19H,3,12-15H2,1-2H3/t16-,19+/m0/s1. The lowest BCUT2D eigenvalue weighted by atomic mass is 10.1. The molecule has 5 nitrogen and oxygen atoms in total. The van der Waals surface area contributed by atoms with Gasteiger partial charge in [0.15, 0.2) is 15.9 Å². The van der Waals surface area contributed by atoms with Gasteiger partial charge >= 0.3 is 0 Å². The van der Waals surface area contributed by atoms with Crippen molar-refractivity contribution in [2.75, 3.05) is 11.5 Å². The maximum atomic E-state index is 14.2. The van der Waals surface area contributed by atoms with Crippen LogP contribution in [0.5, 0.6) is 5.75 Å². The van der Waals surface area contributed by atoms with Gasteiger partial charge in [0.05, 0.1) is 11.5 Å². The molecular weight excluding hydrogens is 393 g/mol. The van der Waals surface area contributed by atoms with E-state index in [0.29, 0.717) is 17.7 Å². The smallest absolute Gasteiger partial charge is 0.263 e. The lowest BCUT2D eigenvalue weighted by molar-refractivity contribution is -0.140. The SMILES string of the molecule is CCc1ccc(O[C@@H](C)C(=O)N(Cc2ccccc2F)[C@@H]2CCS(=O)(=O)C2)cc1. The molecule has 0 aliphatic carbocycles. The zero-order valence-corrected chi connectivity index (χ0v) is 17.5. The van der Waals surface area contributed by atoms with Crippen molar-refractivity contribution in [2.45, 2.75) is 45.4 Å². The van der Waals surface area contributed by atoms with Crippen LogP contribution in [0.25, 0.3) is 0 Å². The van der Waals surface area contributed by atoms with Gasteiger partial charge in [-0.05, 0) is 43.5 Å². The van der Waals surface area contributed by atoms with Crippen molar-refractivity contribution in [3.8, 4) is 5.75 Å². The summed E-state index contributed by atoms with van der Waals surface area (Å²) in [7, 11) is -3.20. The van der Waals surface area contributed by atoms with Gasteiger partial charge in [-0.3, -0.25) is 4.79 Å². The number of hydrogen-bond donors (Lipinski definition) is 0. The fourth-order valence-electron chi connectivity index (χ4n) is 3.51. The molecule has 0 bridgehead atoms. The van der Waals surface area contributed by atoms with Crippen molar-refractivity contribution in [2.24, 2.45) is 0 Å². The van der Waals surface area contributed by atoms with Crippen LogP contribution >= 0.6 is 0 Å². The molecule has 29 heavy (non-hydrogen) atoms. The van der Waals surface area contributed by atoms with E-state index in [1.165, 1.54) is 11.0 Å². The molecule has 3 rings (SSSR count). The molecule has 2 aromatic rings. The first kappa shape index (κ1) is 21.3. The largest absolute Gasteiger partial charge is 0.481 e. The zero-order valence-electron chi connectivity index (χ0n) is 16.7. The summed E-state index contributed by atoms with van der Waals surface area (Å²) in [6, 6.07) is 13.2. The number of halogens is 1. The fourth-order valence-corrected chi connectivity index (χ4v) is 5.24. The molecule has 0 radical (unpaired) electrons. The molecule has 0 spiro atoms. The Bertz CT molecular complexity index is 959. The second kappa shape index (κ2) is 8.95. The molecular formula is C22H26FNO4S. The van der Waals surface area contributed by atoms with E-state index < -0.39 is 27.8 Å². The van der Waals surface area contributed by atoms with E-state index in [0.717, 1.165) is 12.0 Å². The second-order valence-electron chi connectivity index (χ2n) is 7.37. The van der Waals surface area contributed by atoms with Crippen LogP contribution in [-0.2, 0) is 27.6 Å². The van der Waals surface area contributed by atoms with Crippen LogP contribution in [0.4, 0.5) is 4.39 Å². The Kier molecular flexibility index (Phi) is 6.57. The normalized spacial score (nSPS) is 18.9. The molecule has 0 unspecified atom stereocenters. The zero-order chi connectivity index (χ0) is 21.0. The van der Waals surface area contributed by atoms with E-state index in [4.69, 9.17) is 4.74 Å². The quantitative estimate of drug-likeness (QED) is 0.690. The number of amides is 1. The summed E-state index contributed by atoms with van der Waals surface area (Å²) >= 11 is 0. The molecule has 0 N–H and O–H groups in total. The van der Waals surface area contributed by atoms with Crippen molar-refractivity contribution in [3.63, 3.8) is 0 Å². The molecule has 1 aliphatic heterocycles. The van der Waals surface area contributed by atoms with Crippen LogP contribution < -0.4 is 4.74 Å². The molecule has 7 heteroatoms. The van der Waals surface area contributed by atoms with Crippen LogP contribution in [0.15, 0.2) is 48.5 Å². The van der Waals surface area contributed by atoms with E-state index in [-0.39, 0.29) is 24.0 Å². The van der Waals surface area contributed by atoms with Gasteiger partial charge in [0.1, 0.15) is 11.6 Å². The van der Waals surface area contributed by atoms with Crippen molar-refractivity contribution < 1.29 is 22.3 Å². The Balaban J connectivity index is 1.79. The number of carbonyl (C=O) groups excluding carboxylic acids is 1. The van der Waals surface area contributed by atoms with Crippen molar-refractivity contribution in [3.05, 3.63) is 65.5 Å². The summed E-state index contributed by atoms with van der Waals surface area (Å²) in [4.78, 5) is 14.6. The second-order valence-corrected chi connectivity index (χ2v) is 9.60. The Hall–Kier alpha value is -2.41. The molecule has 1 aliphatic rings. The van der Waals surface area contributed by atoms with Crippen LogP contribution in [0.1, 0.15) is 31.4 Å². The first-order valence-electron chi connectivity index (χ1n) is 9.79. The van der Waals surface area contributed by atoms with Gasteiger partial charge in [-0.1, -0.05) is 37.3 Å². The van der Waals surface area contributed by atoms with Crippen LogP contribution in [0.2, 0.25) is 0 Å². The Labute approximate surface area is 171 Å². The van der Waals surface area contributed by atoms with Gasteiger partial charge < -0.3 is 9.64 Å². The lowest BCUT2D eigenvalue weighted by Crippen LogP contribution is -2.46. The maximum Gasteiger partial charge on any atom is 0.263 e. The third kappa shape index (κ3) is 5.35. The molecule has 1 fully saturated rings. The van der Waals surface area contributed by atoms with Gasteiger partial charge in [0, 0.05) is 18.2 Å². The number of nitrogens with zero attached hydrogens (tertiary/aromatic N) is 1. The molecule has 2 aromatic carbocycles. The van der Waals surface area contributed by atoms with E-state index in [2.05, 4.69) is 6.92 Å². The van der Waals surface area contributed by atoms with Gasteiger partial charge in [-0.15, -0.1) is 0 Å². The topological polar surface area (TPSA) is 63.7 Å². The van der Waals surface area contributed by atoms with Crippen LogP contribution in [0, 0.1) is 5.82 Å². The van der Waals surface area contributed by atoms with E-state index in [1.807, 2.05) is 24.3 Å². The number of carbonyl (C=O) groups is 1. The molecule has 2 atom stereocenters. The predicted molar refractivity (Wildman–Crippen MR) is 110 cm³/mol. The first-order chi connectivity index (χ1) is 13.8. The minimum atomic E-state index is -3.20. The minimum Gasteiger partial charge on any atom is -0.481 e. The number of ether oxygens (including phenoxy) is 1. The summed E-state index contributed by atoms with van der Waals surface area (Å²) in [5.41, 5.74) is 1.51. The van der Waals surface area contributed by atoms with E-state index in [1.54, 1.807) is 25.1 Å². The third-order valence-corrected chi connectivity index (χ3v) is 6.97. The summed E-state index contributed by atoms with van der Waals surface area (Å²) in [6.07, 6.45) is 0.430. The highest BCUT2D eigenvalue weighted by Gasteiger charge is 2.37. The fraction of sp³-hybridized carbons (Fsp3) is 0.409. The number of rotatable bonds is 7. The molecule has 0 aromatic heterocycles. The first-order valence-corrected chi connectivity index (χ1v) is 11.6. The summed E-state index contributed by atoms with van der Waals surface area (Å²) < 4.78 is 43.9.